The number of hydrogen-bond donors (Lipinski definition) is 0. The molecule has 0 aliphatic carbocycles. The molecule has 410 valence electrons. The van der Waals surface area contributed by atoms with Gasteiger partial charge in [0.15, 0.2) is 0 Å². The summed E-state index contributed by atoms with van der Waals surface area (Å²) in [5.74, 6) is 1.14. The molecule has 0 N–H and O–H groups in total. The molecule has 78 heavy (non-hydrogen) atoms. The predicted octanol–water partition coefficient (Wildman–Crippen LogP) is 23.0. The van der Waals surface area contributed by atoms with Crippen molar-refractivity contribution in [2.45, 2.75) is 182 Å². The molecule has 1 aliphatic rings. The van der Waals surface area contributed by atoms with E-state index in [-0.39, 0.29) is 17.2 Å². The molecule has 6 aromatic heterocycles. The Hall–Kier alpha value is -4.22. The van der Waals surface area contributed by atoms with Gasteiger partial charge in [-0.05, 0) is 85.0 Å². The maximum atomic E-state index is 14.9. The van der Waals surface area contributed by atoms with E-state index in [4.69, 9.17) is 0 Å². The number of hydrogen-bond acceptors (Lipinski definition) is 8. The van der Waals surface area contributed by atoms with E-state index >= 15 is 0 Å². The van der Waals surface area contributed by atoms with Crippen LogP contribution in [0, 0.1) is 11.8 Å². The number of carbonyl (C=O) groups excluding carboxylic acids is 2. The number of thiophene rings is 6. The Morgan fingerprint density at radius 3 is 1.62 bits per heavy atom. The lowest BCUT2D eigenvalue weighted by Gasteiger charge is -2.27. The molecule has 3 nitrogen and oxygen atoms in total. The summed E-state index contributed by atoms with van der Waals surface area (Å²) in [6, 6.07) is 36.9. The topological polar surface area (TPSA) is 37.4 Å². The van der Waals surface area contributed by atoms with Gasteiger partial charge in [-0.3, -0.25) is 14.5 Å². The fourth-order valence-corrected chi connectivity index (χ4v) is 20.5. The number of benzene rings is 3. The Morgan fingerprint density at radius 1 is 0.487 bits per heavy atom. The average Bonchev–Trinajstić information content (AvgIpc) is 3.98. The number of nitrogens with zero attached hydrogens (tertiary/aromatic N) is 1. The summed E-state index contributed by atoms with van der Waals surface area (Å²) in [5, 5.41) is 3.66. The molecular formula is C69H81NO2S6. The van der Waals surface area contributed by atoms with Crippen LogP contribution < -0.4 is 0 Å². The van der Waals surface area contributed by atoms with E-state index < -0.39 is 5.41 Å². The molecule has 9 heteroatoms. The quantitative estimate of drug-likeness (QED) is 0.0380. The monoisotopic (exact) mass is 1150 g/mol. The molecule has 3 aromatic carbocycles. The molecule has 0 fully saturated rings. The SMILES string of the molecule is CCCCCCCCN1C(=O)c2sc3c(-c4cc5c(-c6ccc(CC(CC)CCCC)s6)c6sc(C(C)(CC)c7ccccc7)cc6c(-c6ccc(CC(CC)CCCC)s6)c5s4)sc(C(C)(C)c4ccccc4)c3c2C1=O. The summed E-state index contributed by atoms with van der Waals surface area (Å²) in [5.41, 5.74) is 5.32. The minimum Gasteiger partial charge on any atom is -0.274 e. The minimum atomic E-state index is -0.425. The summed E-state index contributed by atoms with van der Waals surface area (Å²) in [6.45, 7) is 21.5. The van der Waals surface area contributed by atoms with Gasteiger partial charge >= 0.3 is 0 Å². The van der Waals surface area contributed by atoms with E-state index in [1.165, 1.54) is 147 Å². The summed E-state index contributed by atoms with van der Waals surface area (Å²) < 4.78 is 3.79. The van der Waals surface area contributed by atoms with Gasteiger partial charge < -0.3 is 0 Å². The molecule has 3 atom stereocenters. The number of imide groups is 1. The zero-order valence-electron chi connectivity index (χ0n) is 47.8. The Labute approximate surface area is 490 Å². The minimum absolute atomic E-state index is 0.113. The maximum absolute atomic E-state index is 14.9. The Kier molecular flexibility index (Phi) is 18.2. The lowest BCUT2D eigenvalue weighted by molar-refractivity contribution is 0.0653. The molecule has 0 bridgehead atoms. The first-order valence-electron chi connectivity index (χ1n) is 29.7. The van der Waals surface area contributed by atoms with Crippen molar-refractivity contribution in [2.24, 2.45) is 11.8 Å². The van der Waals surface area contributed by atoms with Crippen molar-refractivity contribution in [2.75, 3.05) is 6.54 Å². The van der Waals surface area contributed by atoms with Crippen molar-refractivity contribution in [1.29, 1.82) is 0 Å². The van der Waals surface area contributed by atoms with Gasteiger partial charge in [-0.25, -0.2) is 0 Å². The van der Waals surface area contributed by atoms with Crippen LogP contribution in [0.25, 0.3) is 60.9 Å². The van der Waals surface area contributed by atoms with Crippen molar-refractivity contribution in [1.82, 2.24) is 4.90 Å². The third-order valence-corrected chi connectivity index (χ3v) is 25.3. The lowest BCUT2D eigenvalue weighted by atomic mass is 9.78. The lowest BCUT2D eigenvalue weighted by Crippen LogP contribution is -2.30. The van der Waals surface area contributed by atoms with Crippen molar-refractivity contribution < 1.29 is 9.59 Å². The molecular weight excluding hydrogens is 1070 g/mol. The summed E-state index contributed by atoms with van der Waals surface area (Å²) >= 11 is 11.4. The molecule has 0 saturated heterocycles. The highest BCUT2D eigenvalue weighted by Gasteiger charge is 2.43. The second-order valence-corrected chi connectivity index (χ2v) is 29.6. The Bertz CT molecular complexity index is 3390. The molecule has 9 aromatic rings. The van der Waals surface area contributed by atoms with Gasteiger partial charge in [0, 0.05) is 88.2 Å². The summed E-state index contributed by atoms with van der Waals surface area (Å²) in [6.07, 6.45) is 19.9. The van der Waals surface area contributed by atoms with Crippen molar-refractivity contribution in [3.8, 4) is 30.6 Å². The molecule has 0 spiro atoms. The smallest absolute Gasteiger partial charge is 0.271 e. The maximum Gasteiger partial charge on any atom is 0.271 e. The fourth-order valence-electron chi connectivity index (χ4n) is 12.2. The van der Waals surface area contributed by atoms with Crippen LogP contribution in [-0.4, -0.2) is 23.3 Å². The fraction of sp³-hybridized carbons (Fsp3) is 0.449. The number of fused-ring (bicyclic) bond motifs is 5. The van der Waals surface area contributed by atoms with Crippen LogP contribution in [0.2, 0.25) is 0 Å². The van der Waals surface area contributed by atoms with Gasteiger partial charge in [-0.2, -0.15) is 0 Å². The van der Waals surface area contributed by atoms with Crippen LogP contribution in [-0.2, 0) is 23.7 Å². The molecule has 0 radical (unpaired) electrons. The normalized spacial score (nSPS) is 14.7. The third-order valence-electron chi connectivity index (χ3n) is 17.5. The molecule has 7 heterocycles. The molecule has 1 aliphatic heterocycles. The van der Waals surface area contributed by atoms with Crippen LogP contribution in [0.15, 0.2) is 97.1 Å². The second kappa shape index (κ2) is 24.9. The van der Waals surface area contributed by atoms with E-state index in [1.54, 1.807) is 16.2 Å². The van der Waals surface area contributed by atoms with Gasteiger partial charge in [0.05, 0.1) is 15.1 Å². The zero-order valence-corrected chi connectivity index (χ0v) is 52.7. The van der Waals surface area contributed by atoms with Crippen LogP contribution >= 0.6 is 68.0 Å². The standard InChI is InChI=1S/C69H81NO2S6/c1-10-16-19-20-21-28-39-70-66(71)59-58-63(77-64(59)67(70)72)62(78-65(58)68(7,8)46-31-24-22-25-32-46)54-42-50-56(52-37-35-48(73-52)40-44(13-4)29-17-11-2)61-51(43-55(76-61)69(9,15-6)47-33-26-23-27-34-47)57(60(50)75-54)53-38-36-49(74-53)41-45(14-5)30-18-12-3/h22-27,31-38,42-45H,10-21,28-30,39-41H2,1-9H3. The van der Waals surface area contributed by atoms with Crippen LogP contribution in [0.4, 0.5) is 0 Å². The van der Waals surface area contributed by atoms with Crippen molar-refractivity contribution >= 4 is 110 Å². The highest BCUT2D eigenvalue weighted by molar-refractivity contribution is 7.32. The van der Waals surface area contributed by atoms with Crippen molar-refractivity contribution in [3.63, 3.8) is 0 Å². The van der Waals surface area contributed by atoms with Gasteiger partial charge in [0.2, 0.25) is 0 Å². The first kappa shape index (κ1) is 57.0. The largest absolute Gasteiger partial charge is 0.274 e. The second-order valence-electron chi connectivity index (χ2n) is 23.1. The first-order valence-corrected chi connectivity index (χ1v) is 34.6. The Morgan fingerprint density at radius 2 is 1.04 bits per heavy atom. The van der Waals surface area contributed by atoms with E-state index in [0.29, 0.717) is 28.8 Å². The van der Waals surface area contributed by atoms with Gasteiger partial charge in [-0.15, -0.1) is 68.0 Å². The van der Waals surface area contributed by atoms with Crippen molar-refractivity contribution in [3.05, 3.63) is 138 Å². The summed E-state index contributed by atoms with van der Waals surface area (Å²) in [4.78, 5) is 42.3. The van der Waals surface area contributed by atoms with E-state index in [0.717, 1.165) is 53.5 Å². The number of unbranched alkanes of at least 4 members (excludes halogenated alkanes) is 7. The van der Waals surface area contributed by atoms with Gasteiger partial charge in [0.25, 0.3) is 11.8 Å². The molecule has 10 rings (SSSR count). The van der Waals surface area contributed by atoms with Crippen LogP contribution in [0.3, 0.4) is 0 Å². The number of amides is 2. The van der Waals surface area contributed by atoms with Gasteiger partial charge in [-0.1, -0.05) is 206 Å². The highest BCUT2D eigenvalue weighted by Crippen LogP contribution is 2.59. The molecule has 0 saturated carbocycles. The summed E-state index contributed by atoms with van der Waals surface area (Å²) in [7, 11) is 0. The molecule has 2 amide bonds. The average molecular weight is 1150 g/mol. The number of rotatable bonds is 27. The van der Waals surface area contributed by atoms with E-state index in [1.807, 2.05) is 56.7 Å². The molecule has 3 unspecified atom stereocenters. The van der Waals surface area contributed by atoms with Gasteiger partial charge in [0.1, 0.15) is 4.88 Å². The Balaban J connectivity index is 1.21. The first-order chi connectivity index (χ1) is 37.9. The van der Waals surface area contributed by atoms with Crippen LogP contribution in [0.1, 0.15) is 209 Å². The van der Waals surface area contributed by atoms with E-state index in [9.17, 15) is 9.59 Å². The van der Waals surface area contributed by atoms with E-state index in [2.05, 4.69) is 159 Å². The zero-order chi connectivity index (χ0) is 54.7. The number of carbonyl (C=O) groups is 2. The predicted molar refractivity (Wildman–Crippen MR) is 347 cm³/mol. The third kappa shape index (κ3) is 11.0. The highest BCUT2D eigenvalue weighted by atomic mass is 32.1. The van der Waals surface area contributed by atoms with Crippen LogP contribution in [0.5, 0.6) is 0 Å².